The van der Waals surface area contributed by atoms with Gasteiger partial charge in [-0.15, -0.1) is 0 Å². The Morgan fingerprint density at radius 1 is 1.24 bits per heavy atom. The quantitative estimate of drug-likeness (QED) is 0.857. The summed E-state index contributed by atoms with van der Waals surface area (Å²) in [6.07, 6.45) is -5.89. The van der Waals surface area contributed by atoms with E-state index in [0.29, 0.717) is 16.6 Å². The summed E-state index contributed by atoms with van der Waals surface area (Å²) in [6, 6.07) is 6.88. The van der Waals surface area contributed by atoms with Crippen molar-refractivity contribution in [2.45, 2.75) is 33.1 Å². The first kappa shape index (κ1) is 18.7. The summed E-state index contributed by atoms with van der Waals surface area (Å²) >= 11 is 0. The van der Waals surface area contributed by atoms with Gasteiger partial charge in [0, 0.05) is 11.1 Å². The second-order valence-electron chi connectivity index (χ2n) is 5.71. The summed E-state index contributed by atoms with van der Waals surface area (Å²) in [5, 5.41) is 2.24. The van der Waals surface area contributed by atoms with Gasteiger partial charge in [-0.25, -0.2) is 4.79 Å². The van der Waals surface area contributed by atoms with E-state index >= 15 is 0 Å². The lowest BCUT2D eigenvalue weighted by Gasteiger charge is -2.15. The average molecular weight is 354 g/mol. The van der Waals surface area contributed by atoms with E-state index in [1.807, 2.05) is 13.0 Å². The molecule has 0 aliphatic rings. The molecule has 0 spiro atoms. The maximum atomic E-state index is 12.4. The van der Waals surface area contributed by atoms with Crippen molar-refractivity contribution in [2.75, 3.05) is 6.54 Å². The molecule has 0 radical (unpaired) electrons. The maximum absolute atomic E-state index is 12.4. The van der Waals surface area contributed by atoms with Gasteiger partial charge in [0.15, 0.2) is 6.10 Å². The Kier molecular flexibility index (Phi) is 5.30. The van der Waals surface area contributed by atoms with Crippen LogP contribution in [0.3, 0.4) is 0 Å². The molecule has 1 amide bonds. The number of hydrogen-bond acceptors (Lipinski definition) is 4. The Morgan fingerprint density at radius 3 is 2.56 bits per heavy atom. The molecule has 0 saturated carbocycles. The minimum atomic E-state index is -4.53. The monoisotopic (exact) mass is 354 g/mol. The van der Waals surface area contributed by atoms with Crippen LogP contribution in [-0.4, -0.2) is 35.7 Å². The Bertz CT molecular complexity index is 819. The number of nitrogens with zero attached hydrogens (tertiary/aromatic N) is 1. The number of benzene rings is 1. The van der Waals surface area contributed by atoms with Gasteiger partial charge in [0.2, 0.25) is 0 Å². The van der Waals surface area contributed by atoms with Crippen molar-refractivity contribution in [1.29, 1.82) is 0 Å². The van der Waals surface area contributed by atoms with E-state index in [1.54, 1.807) is 24.4 Å². The van der Waals surface area contributed by atoms with Crippen LogP contribution < -0.4 is 5.32 Å². The standard InChI is InChI=1S/C17H17F3N2O3/c1-9-4-5-14-12(6-9)13(7-10(2)22-14)16(24)25-11(3)15(23)21-8-17(18,19)20/h4-7,11H,8H2,1-3H3,(H,21,23). The van der Waals surface area contributed by atoms with Crippen LogP contribution in [0.15, 0.2) is 24.3 Å². The number of pyridine rings is 1. The van der Waals surface area contributed by atoms with E-state index in [1.165, 1.54) is 13.0 Å². The fraction of sp³-hybridized carbons (Fsp3) is 0.353. The van der Waals surface area contributed by atoms with Crippen molar-refractivity contribution in [3.63, 3.8) is 0 Å². The number of carbonyl (C=O) groups is 2. The first-order valence-corrected chi connectivity index (χ1v) is 7.50. The summed E-state index contributed by atoms with van der Waals surface area (Å²) in [7, 11) is 0. The number of ether oxygens (including phenoxy) is 1. The van der Waals surface area contributed by atoms with Crippen LogP contribution in [0.4, 0.5) is 13.2 Å². The molecule has 1 unspecified atom stereocenters. The molecule has 1 N–H and O–H groups in total. The third kappa shape index (κ3) is 4.91. The summed E-state index contributed by atoms with van der Waals surface area (Å²) in [6.45, 7) is 3.28. The van der Waals surface area contributed by atoms with Crippen molar-refractivity contribution in [1.82, 2.24) is 10.3 Å². The minimum absolute atomic E-state index is 0.210. The van der Waals surface area contributed by atoms with Gasteiger partial charge in [-0.2, -0.15) is 13.2 Å². The zero-order chi connectivity index (χ0) is 18.8. The Hall–Kier alpha value is -2.64. The number of nitrogens with one attached hydrogen (secondary N) is 1. The molecule has 25 heavy (non-hydrogen) atoms. The van der Waals surface area contributed by atoms with E-state index in [-0.39, 0.29) is 5.56 Å². The molecule has 1 heterocycles. The highest BCUT2D eigenvalue weighted by Crippen LogP contribution is 2.21. The predicted octanol–water partition coefficient (Wildman–Crippen LogP) is 3.08. The number of aromatic nitrogens is 1. The number of carbonyl (C=O) groups excluding carboxylic acids is 2. The van der Waals surface area contributed by atoms with Gasteiger partial charge in [0.1, 0.15) is 6.54 Å². The van der Waals surface area contributed by atoms with E-state index in [0.717, 1.165) is 5.56 Å². The van der Waals surface area contributed by atoms with Crippen molar-refractivity contribution < 1.29 is 27.5 Å². The topological polar surface area (TPSA) is 68.3 Å². The van der Waals surface area contributed by atoms with Crippen LogP contribution in [0, 0.1) is 13.8 Å². The first-order valence-electron chi connectivity index (χ1n) is 7.50. The number of esters is 1. The lowest BCUT2D eigenvalue weighted by Crippen LogP contribution is -2.40. The summed E-state index contributed by atoms with van der Waals surface area (Å²) in [5.41, 5.74) is 2.29. The lowest BCUT2D eigenvalue weighted by atomic mass is 10.1. The molecule has 0 fully saturated rings. The van der Waals surface area contributed by atoms with E-state index in [2.05, 4.69) is 4.98 Å². The molecule has 2 aromatic rings. The SMILES string of the molecule is Cc1ccc2nc(C)cc(C(=O)OC(C)C(=O)NCC(F)(F)F)c2c1. The molecule has 0 aliphatic heterocycles. The van der Waals surface area contributed by atoms with Gasteiger partial charge < -0.3 is 10.1 Å². The van der Waals surface area contributed by atoms with Gasteiger partial charge in [-0.1, -0.05) is 11.6 Å². The molecule has 1 aromatic heterocycles. The molecule has 0 saturated heterocycles. The third-order valence-corrected chi connectivity index (χ3v) is 3.43. The molecular weight excluding hydrogens is 337 g/mol. The summed E-state index contributed by atoms with van der Waals surface area (Å²) < 4.78 is 41.4. The lowest BCUT2D eigenvalue weighted by molar-refractivity contribution is -0.143. The molecule has 5 nitrogen and oxygen atoms in total. The van der Waals surface area contributed by atoms with Gasteiger partial charge in [0.25, 0.3) is 5.91 Å². The zero-order valence-electron chi connectivity index (χ0n) is 13.9. The van der Waals surface area contributed by atoms with Gasteiger partial charge in [-0.3, -0.25) is 9.78 Å². The van der Waals surface area contributed by atoms with Crippen molar-refractivity contribution >= 4 is 22.8 Å². The minimum Gasteiger partial charge on any atom is -0.449 e. The summed E-state index contributed by atoms with van der Waals surface area (Å²) in [4.78, 5) is 28.3. The van der Waals surface area contributed by atoms with Crippen LogP contribution >= 0.6 is 0 Å². The Morgan fingerprint density at radius 2 is 1.92 bits per heavy atom. The second-order valence-corrected chi connectivity index (χ2v) is 5.71. The maximum Gasteiger partial charge on any atom is 0.405 e. The number of aryl methyl sites for hydroxylation is 2. The van der Waals surface area contributed by atoms with Crippen molar-refractivity contribution in [2.24, 2.45) is 0 Å². The molecule has 0 bridgehead atoms. The first-order chi connectivity index (χ1) is 11.6. The Balaban J connectivity index is 2.19. The number of alkyl halides is 3. The number of amides is 1. The largest absolute Gasteiger partial charge is 0.449 e. The number of halogens is 3. The van der Waals surface area contributed by atoms with Crippen LogP contribution in [0.5, 0.6) is 0 Å². The van der Waals surface area contributed by atoms with Crippen molar-refractivity contribution in [3.8, 4) is 0 Å². The summed E-state index contributed by atoms with van der Waals surface area (Å²) in [5.74, 6) is -1.81. The average Bonchev–Trinajstić information content (AvgIpc) is 2.51. The fourth-order valence-electron chi connectivity index (χ4n) is 2.25. The number of hydrogen-bond donors (Lipinski definition) is 1. The number of fused-ring (bicyclic) bond motifs is 1. The normalized spacial score (nSPS) is 12.7. The van der Waals surface area contributed by atoms with Gasteiger partial charge >= 0.3 is 12.1 Å². The predicted molar refractivity (Wildman–Crippen MR) is 85.2 cm³/mol. The molecule has 8 heteroatoms. The molecule has 134 valence electrons. The zero-order valence-corrected chi connectivity index (χ0v) is 13.9. The highest BCUT2D eigenvalue weighted by atomic mass is 19.4. The smallest absolute Gasteiger partial charge is 0.405 e. The Labute approximate surface area is 142 Å². The second kappa shape index (κ2) is 7.08. The van der Waals surface area contributed by atoms with Crippen LogP contribution in [0.2, 0.25) is 0 Å². The van der Waals surface area contributed by atoms with E-state index in [9.17, 15) is 22.8 Å². The van der Waals surface area contributed by atoms with Gasteiger partial charge in [0.05, 0.1) is 11.1 Å². The number of rotatable bonds is 4. The molecule has 0 aliphatic carbocycles. The van der Waals surface area contributed by atoms with Crippen LogP contribution in [0.25, 0.3) is 10.9 Å². The highest BCUT2D eigenvalue weighted by molar-refractivity contribution is 6.04. The van der Waals surface area contributed by atoms with Gasteiger partial charge in [-0.05, 0) is 39.0 Å². The molecule has 1 atom stereocenters. The molecule has 1 aromatic carbocycles. The molecular formula is C17H17F3N2O3. The molecule has 2 rings (SSSR count). The van der Waals surface area contributed by atoms with Crippen LogP contribution in [0.1, 0.15) is 28.5 Å². The third-order valence-electron chi connectivity index (χ3n) is 3.43. The highest BCUT2D eigenvalue weighted by Gasteiger charge is 2.29. The van der Waals surface area contributed by atoms with Crippen LogP contribution in [-0.2, 0) is 9.53 Å². The van der Waals surface area contributed by atoms with E-state index < -0.39 is 30.7 Å². The van der Waals surface area contributed by atoms with Crippen molar-refractivity contribution in [3.05, 3.63) is 41.1 Å². The van der Waals surface area contributed by atoms with E-state index in [4.69, 9.17) is 4.74 Å². The fourth-order valence-corrected chi connectivity index (χ4v) is 2.25.